The van der Waals surface area contributed by atoms with Crippen molar-refractivity contribution in [1.82, 2.24) is 0 Å². The Kier molecular flexibility index (Phi) is 28.7. The molecule has 0 radical (unpaired) electrons. The van der Waals surface area contributed by atoms with Crippen LogP contribution >= 0.6 is 0 Å². The van der Waals surface area contributed by atoms with Crippen molar-refractivity contribution in [1.29, 1.82) is 0 Å². The van der Waals surface area contributed by atoms with E-state index in [4.69, 9.17) is 4.74 Å². The summed E-state index contributed by atoms with van der Waals surface area (Å²) in [5, 5.41) is 0. The zero-order valence-electron chi connectivity index (χ0n) is 28.5. The van der Waals surface area contributed by atoms with E-state index in [9.17, 15) is 4.79 Å². The van der Waals surface area contributed by atoms with Crippen LogP contribution in [-0.2, 0) is 9.53 Å². The van der Waals surface area contributed by atoms with Gasteiger partial charge in [-0.3, -0.25) is 0 Å². The Balaban J connectivity index is 1.69. The quantitative estimate of drug-likeness (QED) is 0.0446. The molecule has 1 aliphatic rings. The maximum atomic E-state index is 11.6. The number of carbonyl (C=O) groups is 1. The molecule has 0 saturated carbocycles. The molecule has 2 heteroatoms. The summed E-state index contributed by atoms with van der Waals surface area (Å²) in [6.07, 6.45) is 52.4. The molecular weight excluding hydrogens is 512 g/mol. The Morgan fingerprint density at radius 2 is 0.833 bits per heavy atom. The molecule has 1 atom stereocenters. The van der Waals surface area contributed by atoms with Gasteiger partial charge in [0.1, 0.15) is 6.10 Å². The van der Waals surface area contributed by atoms with Gasteiger partial charge in [-0.15, -0.1) is 0 Å². The maximum Gasteiger partial charge on any atom is 0.334 e. The molecule has 42 heavy (non-hydrogen) atoms. The highest BCUT2D eigenvalue weighted by Crippen LogP contribution is 2.20. The maximum absolute atomic E-state index is 11.6. The highest BCUT2D eigenvalue weighted by molar-refractivity contribution is 5.90. The standard InChI is InChI=1S/C40H72O2/c1-3-4-5-6-7-8-9-10-11-12-13-14-15-16-17-18-19-20-21-22-23-24-25-26-27-28-29-30-31-32-33-34-35-36-39-37-38(2)42-40(39)41/h19-20,23-24,37-38H,3-18,21-22,25-36H2,1-2H3/b20-19-,24-23-/t38-/m0/s1. The zero-order valence-corrected chi connectivity index (χ0v) is 28.5. The van der Waals surface area contributed by atoms with Gasteiger partial charge in [0.15, 0.2) is 0 Å². The molecule has 0 aliphatic carbocycles. The summed E-state index contributed by atoms with van der Waals surface area (Å²) in [7, 11) is 0. The van der Waals surface area contributed by atoms with Crippen molar-refractivity contribution in [2.24, 2.45) is 0 Å². The summed E-state index contributed by atoms with van der Waals surface area (Å²) in [4.78, 5) is 11.6. The first kappa shape index (κ1) is 38.7. The molecule has 0 aromatic rings. The van der Waals surface area contributed by atoms with Crippen LogP contribution < -0.4 is 0 Å². The Labute approximate surface area is 263 Å². The van der Waals surface area contributed by atoms with Crippen molar-refractivity contribution >= 4 is 5.97 Å². The molecule has 0 unspecified atom stereocenters. The Morgan fingerprint density at radius 1 is 0.500 bits per heavy atom. The highest BCUT2D eigenvalue weighted by Gasteiger charge is 2.21. The fraction of sp³-hybridized carbons (Fsp3) is 0.825. The molecule has 0 aromatic carbocycles. The van der Waals surface area contributed by atoms with Crippen LogP contribution in [0.4, 0.5) is 0 Å². The third-order valence-electron chi connectivity index (χ3n) is 8.87. The fourth-order valence-corrected chi connectivity index (χ4v) is 6.10. The summed E-state index contributed by atoms with van der Waals surface area (Å²) in [5.41, 5.74) is 0.898. The van der Waals surface area contributed by atoms with Crippen LogP contribution in [0.3, 0.4) is 0 Å². The molecule has 2 nitrogen and oxygen atoms in total. The van der Waals surface area contributed by atoms with Gasteiger partial charge in [0, 0.05) is 5.57 Å². The van der Waals surface area contributed by atoms with Gasteiger partial charge in [0.25, 0.3) is 0 Å². The Morgan fingerprint density at radius 3 is 1.19 bits per heavy atom. The van der Waals surface area contributed by atoms with Gasteiger partial charge in [0.05, 0.1) is 0 Å². The second kappa shape index (κ2) is 31.1. The molecule has 0 fully saturated rings. The normalized spacial score (nSPS) is 15.3. The summed E-state index contributed by atoms with van der Waals surface area (Å²) < 4.78 is 5.16. The number of cyclic esters (lactones) is 1. The largest absolute Gasteiger partial charge is 0.455 e. The molecule has 0 saturated heterocycles. The van der Waals surface area contributed by atoms with Gasteiger partial charge >= 0.3 is 5.97 Å². The smallest absolute Gasteiger partial charge is 0.334 e. The number of rotatable bonds is 32. The number of carbonyl (C=O) groups excluding carboxylic acids is 1. The topological polar surface area (TPSA) is 26.3 Å². The molecule has 0 spiro atoms. The predicted molar refractivity (Wildman–Crippen MR) is 186 cm³/mol. The highest BCUT2D eigenvalue weighted by atomic mass is 16.5. The minimum atomic E-state index is -0.0916. The lowest BCUT2D eigenvalue weighted by Crippen LogP contribution is -2.03. The molecule has 1 heterocycles. The second-order valence-corrected chi connectivity index (χ2v) is 13.1. The monoisotopic (exact) mass is 585 g/mol. The molecule has 0 bridgehead atoms. The van der Waals surface area contributed by atoms with Crippen molar-refractivity contribution < 1.29 is 9.53 Å². The third-order valence-corrected chi connectivity index (χ3v) is 8.87. The van der Waals surface area contributed by atoms with E-state index in [1.807, 2.05) is 13.0 Å². The van der Waals surface area contributed by atoms with Gasteiger partial charge < -0.3 is 4.74 Å². The minimum Gasteiger partial charge on any atom is -0.455 e. The van der Waals surface area contributed by atoms with Crippen LogP contribution in [0.5, 0.6) is 0 Å². The Hall–Kier alpha value is -1.31. The second-order valence-electron chi connectivity index (χ2n) is 13.1. The SMILES string of the molecule is CCCCCCCCCCCCCCCCC/C=C\CC/C=C\CCCCCCCCCCCCC1=C[C@H](C)OC1=O. The molecule has 0 aromatic heterocycles. The summed E-state index contributed by atoms with van der Waals surface area (Å²) in [6, 6.07) is 0. The van der Waals surface area contributed by atoms with Gasteiger partial charge in [-0.05, 0) is 64.4 Å². The van der Waals surface area contributed by atoms with Gasteiger partial charge in [-0.25, -0.2) is 4.79 Å². The first-order valence-corrected chi connectivity index (χ1v) is 19.0. The summed E-state index contributed by atoms with van der Waals surface area (Å²) in [6.45, 7) is 4.23. The summed E-state index contributed by atoms with van der Waals surface area (Å²) >= 11 is 0. The molecule has 0 amide bonds. The Bertz CT molecular complexity index is 673. The number of allylic oxidation sites excluding steroid dienone is 4. The van der Waals surface area contributed by atoms with E-state index in [0.29, 0.717) is 0 Å². The van der Waals surface area contributed by atoms with Crippen LogP contribution in [0.1, 0.15) is 206 Å². The van der Waals surface area contributed by atoms with Crippen LogP contribution in [0, 0.1) is 0 Å². The van der Waals surface area contributed by atoms with Crippen LogP contribution in [-0.4, -0.2) is 12.1 Å². The zero-order chi connectivity index (χ0) is 30.2. The van der Waals surface area contributed by atoms with Gasteiger partial charge in [-0.2, -0.15) is 0 Å². The average molecular weight is 585 g/mol. The van der Waals surface area contributed by atoms with E-state index >= 15 is 0 Å². The van der Waals surface area contributed by atoms with Crippen molar-refractivity contribution in [3.63, 3.8) is 0 Å². The van der Waals surface area contributed by atoms with Crippen LogP contribution in [0.2, 0.25) is 0 Å². The van der Waals surface area contributed by atoms with Crippen molar-refractivity contribution in [3.05, 3.63) is 36.0 Å². The lowest BCUT2D eigenvalue weighted by Gasteiger charge is -2.03. The van der Waals surface area contributed by atoms with E-state index < -0.39 is 0 Å². The van der Waals surface area contributed by atoms with E-state index in [1.165, 1.54) is 180 Å². The number of ether oxygens (including phenoxy) is 1. The van der Waals surface area contributed by atoms with E-state index in [-0.39, 0.29) is 12.1 Å². The van der Waals surface area contributed by atoms with Gasteiger partial charge in [-0.1, -0.05) is 172 Å². The molecular formula is C40H72O2. The fourth-order valence-electron chi connectivity index (χ4n) is 6.10. The lowest BCUT2D eigenvalue weighted by molar-refractivity contribution is -0.139. The molecule has 1 rings (SSSR count). The number of hydrogen-bond acceptors (Lipinski definition) is 2. The van der Waals surface area contributed by atoms with Crippen molar-refractivity contribution in [3.8, 4) is 0 Å². The average Bonchev–Trinajstić information content (AvgIpc) is 3.31. The van der Waals surface area contributed by atoms with Gasteiger partial charge in [0.2, 0.25) is 0 Å². The summed E-state index contributed by atoms with van der Waals surface area (Å²) in [5.74, 6) is -0.0916. The van der Waals surface area contributed by atoms with Crippen LogP contribution in [0.15, 0.2) is 36.0 Å². The molecule has 0 N–H and O–H groups in total. The first-order chi connectivity index (χ1) is 20.7. The predicted octanol–water partition coefficient (Wildman–Crippen LogP) is 13.7. The third kappa shape index (κ3) is 26.3. The lowest BCUT2D eigenvalue weighted by atomic mass is 10.0. The van der Waals surface area contributed by atoms with E-state index in [1.54, 1.807) is 0 Å². The van der Waals surface area contributed by atoms with Crippen molar-refractivity contribution in [2.75, 3.05) is 0 Å². The minimum absolute atomic E-state index is 0.0193. The molecule has 1 aliphatic heterocycles. The number of esters is 1. The van der Waals surface area contributed by atoms with Crippen LogP contribution in [0.25, 0.3) is 0 Å². The van der Waals surface area contributed by atoms with E-state index in [0.717, 1.165) is 18.4 Å². The van der Waals surface area contributed by atoms with E-state index in [2.05, 4.69) is 31.2 Å². The number of unbranched alkanes of at least 4 members (excludes halogenated alkanes) is 26. The van der Waals surface area contributed by atoms with Crippen molar-refractivity contribution in [2.45, 2.75) is 213 Å². The first-order valence-electron chi connectivity index (χ1n) is 19.0. The molecule has 244 valence electrons. The number of hydrogen-bond donors (Lipinski definition) is 0.